The molecule has 0 aromatic carbocycles. The van der Waals surface area contributed by atoms with Gasteiger partial charge in [-0.1, -0.05) is 20.8 Å². The molecule has 0 aliphatic heterocycles. The Morgan fingerprint density at radius 3 is 2.40 bits per heavy atom. The number of ether oxygens (including phenoxy) is 1. The molecule has 15 heavy (non-hydrogen) atoms. The summed E-state index contributed by atoms with van der Waals surface area (Å²) in [5, 5.41) is 3.37. The Balaban J connectivity index is 3.28. The van der Waals surface area contributed by atoms with Crippen molar-refractivity contribution in [2.24, 2.45) is 5.41 Å². The Bertz CT molecular complexity index is 143. The molecule has 0 saturated heterocycles. The van der Waals surface area contributed by atoms with E-state index in [1.807, 2.05) is 6.92 Å². The fraction of sp³-hybridized carbons (Fsp3) is 1.00. The van der Waals surface area contributed by atoms with E-state index in [9.17, 15) is 0 Å². The summed E-state index contributed by atoms with van der Waals surface area (Å²) in [7, 11) is 2.18. The van der Waals surface area contributed by atoms with Crippen LogP contribution in [0.3, 0.4) is 0 Å². The van der Waals surface area contributed by atoms with Crippen LogP contribution in [0, 0.1) is 5.41 Å². The van der Waals surface area contributed by atoms with Crippen LogP contribution in [-0.2, 0) is 4.74 Å². The van der Waals surface area contributed by atoms with E-state index in [0.29, 0.717) is 5.41 Å². The zero-order valence-corrected chi connectivity index (χ0v) is 11.1. The largest absolute Gasteiger partial charge is 0.380 e. The van der Waals surface area contributed by atoms with Gasteiger partial charge in [-0.05, 0) is 19.4 Å². The average molecular weight is 216 g/mol. The first-order valence-electron chi connectivity index (χ1n) is 5.92. The standard InChI is InChI=1S/C12H28N2O/c1-6-15-10-8-13-7-9-14(5)11-12(2,3)4/h13H,6-11H2,1-5H3. The number of nitrogens with zero attached hydrogens (tertiary/aromatic N) is 1. The highest BCUT2D eigenvalue weighted by Crippen LogP contribution is 2.13. The maximum Gasteiger partial charge on any atom is 0.0590 e. The van der Waals surface area contributed by atoms with Gasteiger partial charge in [0.2, 0.25) is 0 Å². The summed E-state index contributed by atoms with van der Waals surface area (Å²) in [6.07, 6.45) is 0. The molecule has 0 amide bonds. The Morgan fingerprint density at radius 1 is 1.20 bits per heavy atom. The number of hydrogen-bond donors (Lipinski definition) is 1. The highest BCUT2D eigenvalue weighted by molar-refractivity contribution is 4.66. The molecule has 0 unspecified atom stereocenters. The molecular weight excluding hydrogens is 188 g/mol. The summed E-state index contributed by atoms with van der Waals surface area (Å²) in [6, 6.07) is 0. The summed E-state index contributed by atoms with van der Waals surface area (Å²) in [5.41, 5.74) is 0.389. The molecule has 0 atom stereocenters. The van der Waals surface area contributed by atoms with E-state index in [1.165, 1.54) is 0 Å². The highest BCUT2D eigenvalue weighted by Gasteiger charge is 2.12. The van der Waals surface area contributed by atoms with Crippen LogP contribution in [-0.4, -0.2) is 51.3 Å². The van der Waals surface area contributed by atoms with Gasteiger partial charge in [-0.2, -0.15) is 0 Å². The molecule has 0 rings (SSSR count). The molecule has 0 saturated carbocycles. The van der Waals surface area contributed by atoms with Crippen LogP contribution >= 0.6 is 0 Å². The molecule has 0 aromatic rings. The molecule has 3 nitrogen and oxygen atoms in total. The minimum atomic E-state index is 0.389. The SMILES string of the molecule is CCOCCNCCN(C)CC(C)(C)C. The fourth-order valence-corrected chi connectivity index (χ4v) is 1.57. The first kappa shape index (κ1) is 14.9. The second kappa shape index (κ2) is 8.08. The van der Waals surface area contributed by atoms with Gasteiger partial charge in [0.1, 0.15) is 0 Å². The van der Waals surface area contributed by atoms with Crippen LogP contribution < -0.4 is 5.32 Å². The van der Waals surface area contributed by atoms with Gasteiger partial charge in [-0.25, -0.2) is 0 Å². The molecular formula is C12H28N2O. The minimum Gasteiger partial charge on any atom is -0.380 e. The normalized spacial score (nSPS) is 12.4. The number of likely N-dealkylation sites (N-methyl/N-ethyl adjacent to an activating group) is 1. The lowest BCUT2D eigenvalue weighted by Gasteiger charge is -2.26. The maximum atomic E-state index is 5.25. The second-order valence-electron chi connectivity index (χ2n) is 5.25. The van der Waals surface area contributed by atoms with Crippen LogP contribution in [0.25, 0.3) is 0 Å². The summed E-state index contributed by atoms with van der Waals surface area (Å²) < 4.78 is 5.25. The quantitative estimate of drug-likeness (QED) is 0.624. The minimum absolute atomic E-state index is 0.389. The van der Waals surface area contributed by atoms with Crippen molar-refractivity contribution in [2.75, 3.05) is 46.4 Å². The van der Waals surface area contributed by atoms with Crippen LogP contribution in [0.15, 0.2) is 0 Å². The lowest BCUT2D eigenvalue weighted by Crippen LogP contribution is -2.35. The third-order valence-electron chi connectivity index (χ3n) is 2.04. The molecule has 0 heterocycles. The smallest absolute Gasteiger partial charge is 0.0590 e. The third-order valence-corrected chi connectivity index (χ3v) is 2.04. The van der Waals surface area contributed by atoms with E-state index < -0.39 is 0 Å². The summed E-state index contributed by atoms with van der Waals surface area (Å²) in [5.74, 6) is 0. The van der Waals surface area contributed by atoms with E-state index >= 15 is 0 Å². The summed E-state index contributed by atoms with van der Waals surface area (Å²) >= 11 is 0. The lowest BCUT2D eigenvalue weighted by molar-refractivity contribution is 0.148. The van der Waals surface area contributed by atoms with Crippen LogP contribution in [0.2, 0.25) is 0 Å². The van der Waals surface area contributed by atoms with Crippen molar-refractivity contribution in [1.29, 1.82) is 0 Å². The van der Waals surface area contributed by atoms with Gasteiger partial charge in [-0.3, -0.25) is 0 Å². The molecule has 0 fully saturated rings. The maximum absolute atomic E-state index is 5.25. The third kappa shape index (κ3) is 11.8. The van der Waals surface area contributed by atoms with Gasteiger partial charge in [0, 0.05) is 32.8 Å². The van der Waals surface area contributed by atoms with Crippen molar-refractivity contribution >= 4 is 0 Å². The van der Waals surface area contributed by atoms with Crippen molar-refractivity contribution in [3.8, 4) is 0 Å². The molecule has 92 valence electrons. The zero-order chi connectivity index (χ0) is 11.7. The molecule has 3 heteroatoms. The van der Waals surface area contributed by atoms with Gasteiger partial charge in [0.15, 0.2) is 0 Å². The lowest BCUT2D eigenvalue weighted by atomic mass is 9.96. The highest BCUT2D eigenvalue weighted by atomic mass is 16.5. The summed E-state index contributed by atoms with van der Waals surface area (Å²) in [6.45, 7) is 14.7. The molecule has 0 aliphatic rings. The van der Waals surface area contributed by atoms with Crippen LogP contribution in [0.5, 0.6) is 0 Å². The van der Waals surface area contributed by atoms with Crippen LogP contribution in [0.1, 0.15) is 27.7 Å². The van der Waals surface area contributed by atoms with E-state index in [1.54, 1.807) is 0 Å². The number of nitrogens with one attached hydrogen (secondary N) is 1. The van der Waals surface area contributed by atoms with E-state index in [4.69, 9.17) is 4.74 Å². The zero-order valence-electron chi connectivity index (χ0n) is 11.1. The van der Waals surface area contributed by atoms with Crippen LogP contribution in [0.4, 0.5) is 0 Å². The van der Waals surface area contributed by atoms with Crippen molar-refractivity contribution in [1.82, 2.24) is 10.2 Å². The van der Waals surface area contributed by atoms with Crippen molar-refractivity contribution in [2.45, 2.75) is 27.7 Å². The van der Waals surface area contributed by atoms with Crippen molar-refractivity contribution < 1.29 is 4.74 Å². The molecule has 0 bridgehead atoms. The van der Waals surface area contributed by atoms with Gasteiger partial charge in [-0.15, -0.1) is 0 Å². The van der Waals surface area contributed by atoms with Gasteiger partial charge >= 0.3 is 0 Å². The first-order valence-corrected chi connectivity index (χ1v) is 5.92. The van der Waals surface area contributed by atoms with Gasteiger partial charge in [0.05, 0.1) is 6.61 Å². The predicted octanol–water partition coefficient (Wildman–Crippen LogP) is 1.59. The molecule has 0 aromatic heterocycles. The molecule has 0 spiro atoms. The number of rotatable bonds is 8. The van der Waals surface area contributed by atoms with E-state index in [0.717, 1.165) is 39.4 Å². The van der Waals surface area contributed by atoms with E-state index in [2.05, 4.69) is 38.0 Å². The topological polar surface area (TPSA) is 24.5 Å². The Kier molecular flexibility index (Phi) is 8.02. The van der Waals surface area contributed by atoms with Gasteiger partial charge < -0.3 is 15.0 Å². The van der Waals surface area contributed by atoms with E-state index in [-0.39, 0.29) is 0 Å². The summed E-state index contributed by atoms with van der Waals surface area (Å²) in [4.78, 5) is 2.37. The van der Waals surface area contributed by atoms with Gasteiger partial charge in [0.25, 0.3) is 0 Å². The fourth-order valence-electron chi connectivity index (χ4n) is 1.57. The molecule has 1 N–H and O–H groups in total. The Morgan fingerprint density at radius 2 is 1.87 bits per heavy atom. The van der Waals surface area contributed by atoms with Crippen molar-refractivity contribution in [3.63, 3.8) is 0 Å². The Labute approximate surface area is 95.2 Å². The first-order chi connectivity index (χ1) is 6.95. The Hall–Kier alpha value is -0.120. The van der Waals surface area contributed by atoms with Crippen molar-refractivity contribution in [3.05, 3.63) is 0 Å². The monoisotopic (exact) mass is 216 g/mol. The predicted molar refractivity (Wildman–Crippen MR) is 66.3 cm³/mol. The number of hydrogen-bond acceptors (Lipinski definition) is 3. The molecule has 0 radical (unpaired) electrons. The molecule has 0 aliphatic carbocycles. The second-order valence-corrected chi connectivity index (χ2v) is 5.25. The average Bonchev–Trinajstić information content (AvgIpc) is 2.08.